The first-order valence-corrected chi connectivity index (χ1v) is 5.26. The maximum atomic E-state index is 11.3. The number of rotatable bonds is 8. The SMILES string of the molecule is COCCCNC(=O)C(=O)NCC(OC)OC. The van der Waals surface area contributed by atoms with Gasteiger partial charge in [0.1, 0.15) is 0 Å². The highest BCUT2D eigenvalue weighted by atomic mass is 16.7. The predicted molar refractivity (Wildman–Crippen MR) is 60.3 cm³/mol. The monoisotopic (exact) mass is 248 g/mol. The number of carbonyl (C=O) groups excluding carboxylic acids is 2. The van der Waals surface area contributed by atoms with Gasteiger partial charge >= 0.3 is 11.8 Å². The van der Waals surface area contributed by atoms with Crippen LogP contribution in [-0.4, -0.2) is 59.1 Å². The van der Waals surface area contributed by atoms with Crippen molar-refractivity contribution in [3.8, 4) is 0 Å². The molecular weight excluding hydrogens is 228 g/mol. The summed E-state index contributed by atoms with van der Waals surface area (Å²) in [6.45, 7) is 1.06. The molecule has 0 heterocycles. The van der Waals surface area contributed by atoms with Gasteiger partial charge in [0.15, 0.2) is 6.29 Å². The molecule has 0 atom stereocenters. The highest BCUT2D eigenvalue weighted by Crippen LogP contribution is 1.87. The number of amides is 2. The number of hydrogen-bond acceptors (Lipinski definition) is 5. The quantitative estimate of drug-likeness (QED) is 0.323. The van der Waals surface area contributed by atoms with Crippen LogP contribution in [0.15, 0.2) is 0 Å². The third-order valence-corrected chi connectivity index (χ3v) is 1.97. The number of carbonyl (C=O) groups is 2. The largest absolute Gasteiger partial charge is 0.385 e. The van der Waals surface area contributed by atoms with Crippen LogP contribution in [0.5, 0.6) is 0 Å². The molecule has 0 aromatic heterocycles. The lowest BCUT2D eigenvalue weighted by molar-refractivity contribution is -0.141. The summed E-state index contributed by atoms with van der Waals surface area (Å²) in [4.78, 5) is 22.5. The van der Waals surface area contributed by atoms with E-state index in [1.165, 1.54) is 14.2 Å². The van der Waals surface area contributed by atoms with E-state index in [9.17, 15) is 9.59 Å². The Bertz CT molecular complexity index is 231. The van der Waals surface area contributed by atoms with Crippen molar-refractivity contribution < 1.29 is 23.8 Å². The highest BCUT2D eigenvalue weighted by molar-refractivity contribution is 6.35. The third-order valence-electron chi connectivity index (χ3n) is 1.97. The van der Waals surface area contributed by atoms with Crippen LogP contribution in [-0.2, 0) is 23.8 Å². The molecule has 0 saturated heterocycles. The maximum Gasteiger partial charge on any atom is 0.309 e. The Morgan fingerprint density at radius 2 is 1.65 bits per heavy atom. The zero-order valence-corrected chi connectivity index (χ0v) is 10.4. The predicted octanol–water partition coefficient (Wildman–Crippen LogP) is -1.13. The van der Waals surface area contributed by atoms with Crippen LogP contribution < -0.4 is 10.6 Å². The Balaban J connectivity index is 3.70. The number of methoxy groups -OCH3 is 3. The summed E-state index contributed by atoms with van der Waals surface area (Å²) in [6.07, 6.45) is 0.106. The molecule has 0 aromatic carbocycles. The number of hydrogen-bond donors (Lipinski definition) is 2. The molecule has 0 saturated carbocycles. The van der Waals surface area contributed by atoms with Gasteiger partial charge in [-0.05, 0) is 6.42 Å². The van der Waals surface area contributed by atoms with Crippen LogP contribution in [0.4, 0.5) is 0 Å². The molecule has 0 spiro atoms. The molecule has 0 radical (unpaired) electrons. The summed E-state index contributed by atoms with van der Waals surface area (Å²) in [5, 5.41) is 4.86. The van der Waals surface area contributed by atoms with Crippen molar-refractivity contribution >= 4 is 11.8 Å². The smallest absolute Gasteiger partial charge is 0.309 e. The second-order valence-corrected chi connectivity index (χ2v) is 3.21. The molecule has 0 aromatic rings. The van der Waals surface area contributed by atoms with Gasteiger partial charge in [-0.1, -0.05) is 0 Å². The average Bonchev–Trinajstić information content (AvgIpc) is 2.35. The minimum atomic E-state index is -0.707. The van der Waals surface area contributed by atoms with Gasteiger partial charge in [-0.2, -0.15) is 0 Å². The summed E-state index contributed by atoms with van der Waals surface area (Å²) in [5.74, 6) is -1.38. The summed E-state index contributed by atoms with van der Waals surface area (Å²) >= 11 is 0. The first-order chi connectivity index (χ1) is 8.15. The molecule has 2 amide bonds. The molecule has 2 N–H and O–H groups in total. The van der Waals surface area contributed by atoms with Crippen molar-refractivity contribution in [2.45, 2.75) is 12.7 Å². The van der Waals surface area contributed by atoms with Gasteiger partial charge in [0.2, 0.25) is 0 Å². The standard InChI is InChI=1S/C10H20N2O5/c1-15-6-4-5-11-9(13)10(14)12-7-8(16-2)17-3/h8H,4-7H2,1-3H3,(H,11,13)(H,12,14). The molecule has 0 aliphatic heterocycles. The van der Waals surface area contributed by atoms with Gasteiger partial charge in [0, 0.05) is 34.5 Å². The van der Waals surface area contributed by atoms with E-state index in [0.717, 1.165) is 0 Å². The van der Waals surface area contributed by atoms with Gasteiger partial charge in [-0.3, -0.25) is 9.59 Å². The van der Waals surface area contributed by atoms with Crippen LogP contribution in [0.3, 0.4) is 0 Å². The van der Waals surface area contributed by atoms with Crippen LogP contribution in [0.2, 0.25) is 0 Å². The lowest BCUT2D eigenvalue weighted by Gasteiger charge is -2.13. The van der Waals surface area contributed by atoms with Crippen molar-refractivity contribution in [1.82, 2.24) is 10.6 Å². The van der Waals surface area contributed by atoms with E-state index < -0.39 is 18.1 Å². The average molecular weight is 248 g/mol. The fourth-order valence-corrected chi connectivity index (χ4v) is 1.02. The van der Waals surface area contributed by atoms with E-state index in [1.54, 1.807) is 7.11 Å². The molecule has 0 aliphatic carbocycles. The van der Waals surface area contributed by atoms with Gasteiger partial charge in [0.05, 0.1) is 6.54 Å². The summed E-state index contributed by atoms with van der Waals surface area (Å²) in [5.41, 5.74) is 0. The summed E-state index contributed by atoms with van der Waals surface area (Å²) in [7, 11) is 4.47. The van der Waals surface area contributed by atoms with Crippen LogP contribution in [0.25, 0.3) is 0 Å². The molecule has 7 nitrogen and oxygen atoms in total. The molecule has 0 bridgehead atoms. The molecular formula is C10H20N2O5. The van der Waals surface area contributed by atoms with Crippen molar-refractivity contribution in [2.75, 3.05) is 41.0 Å². The van der Waals surface area contributed by atoms with Gasteiger partial charge in [-0.25, -0.2) is 0 Å². The lowest BCUT2D eigenvalue weighted by atomic mass is 10.4. The van der Waals surface area contributed by atoms with Gasteiger partial charge in [0.25, 0.3) is 0 Å². The van der Waals surface area contributed by atoms with Crippen LogP contribution >= 0.6 is 0 Å². The van der Waals surface area contributed by atoms with Gasteiger partial charge < -0.3 is 24.8 Å². The number of nitrogens with one attached hydrogen (secondary N) is 2. The second kappa shape index (κ2) is 10.0. The Morgan fingerprint density at radius 1 is 1.06 bits per heavy atom. The van der Waals surface area contributed by atoms with Crippen molar-refractivity contribution in [2.24, 2.45) is 0 Å². The summed E-state index contributed by atoms with van der Waals surface area (Å²) in [6, 6.07) is 0. The van der Waals surface area contributed by atoms with Crippen LogP contribution in [0.1, 0.15) is 6.42 Å². The molecule has 0 rings (SSSR count). The van der Waals surface area contributed by atoms with Gasteiger partial charge in [-0.15, -0.1) is 0 Å². The Morgan fingerprint density at radius 3 is 2.18 bits per heavy atom. The zero-order chi connectivity index (χ0) is 13.1. The molecule has 7 heteroatoms. The van der Waals surface area contributed by atoms with E-state index in [-0.39, 0.29) is 6.54 Å². The molecule has 0 unspecified atom stereocenters. The molecule has 17 heavy (non-hydrogen) atoms. The number of ether oxygens (including phenoxy) is 3. The topological polar surface area (TPSA) is 85.9 Å². The molecule has 100 valence electrons. The minimum Gasteiger partial charge on any atom is -0.385 e. The Labute approximate surface area is 101 Å². The third kappa shape index (κ3) is 7.67. The van der Waals surface area contributed by atoms with E-state index in [2.05, 4.69) is 10.6 Å². The fourth-order valence-electron chi connectivity index (χ4n) is 1.02. The zero-order valence-electron chi connectivity index (χ0n) is 10.4. The van der Waals surface area contributed by atoms with Crippen molar-refractivity contribution in [1.29, 1.82) is 0 Å². The minimum absolute atomic E-state index is 0.122. The van der Waals surface area contributed by atoms with Crippen molar-refractivity contribution in [3.05, 3.63) is 0 Å². The first-order valence-electron chi connectivity index (χ1n) is 5.26. The van der Waals surface area contributed by atoms with Crippen LogP contribution in [0, 0.1) is 0 Å². The lowest BCUT2D eigenvalue weighted by Crippen LogP contribution is -2.43. The summed E-state index contributed by atoms with van der Waals surface area (Å²) < 4.78 is 14.5. The van der Waals surface area contributed by atoms with E-state index in [4.69, 9.17) is 14.2 Å². The molecule has 0 fully saturated rings. The molecule has 0 aliphatic rings. The Hall–Kier alpha value is -1.18. The van der Waals surface area contributed by atoms with E-state index in [1.807, 2.05) is 0 Å². The highest BCUT2D eigenvalue weighted by Gasteiger charge is 2.14. The maximum absolute atomic E-state index is 11.3. The first kappa shape index (κ1) is 15.8. The van der Waals surface area contributed by atoms with E-state index >= 15 is 0 Å². The fraction of sp³-hybridized carbons (Fsp3) is 0.800. The van der Waals surface area contributed by atoms with Crippen molar-refractivity contribution in [3.63, 3.8) is 0 Å². The normalized spacial score (nSPS) is 10.4. The van der Waals surface area contributed by atoms with E-state index in [0.29, 0.717) is 19.6 Å². The second-order valence-electron chi connectivity index (χ2n) is 3.21. The Kier molecular flexibility index (Phi) is 9.31.